The maximum atomic E-state index is 13.6. The third-order valence-electron chi connectivity index (χ3n) is 8.17. The molecule has 2 aliphatic rings. The lowest BCUT2D eigenvalue weighted by Crippen LogP contribution is -2.61. The largest absolute Gasteiger partial charge is 0.414 e. The molecule has 2 aliphatic heterocycles. The van der Waals surface area contributed by atoms with E-state index >= 15 is 0 Å². The first-order chi connectivity index (χ1) is 20.9. The number of nitrogens with one attached hydrogen (secondary N) is 1. The number of halogens is 1. The van der Waals surface area contributed by atoms with E-state index in [1.165, 1.54) is 36.5 Å². The summed E-state index contributed by atoms with van der Waals surface area (Å²) in [6.45, 7) is 1.78. The van der Waals surface area contributed by atoms with Crippen LogP contribution in [0.25, 0.3) is 10.8 Å². The predicted molar refractivity (Wildman–Crippen MR) is 158 cm³/mol. The number of carbonyl (C=O) groups excluding carboxylic acids is 4. The molecule has 3 amide bonds. The zero-order valence-corrected chi connectivity index (χ0v) is 25.6. The first-order valence-electron chi connectivity index (χ1n) is 14.1. The monoisotopic (exact) mass is 646 g/mol. The number of nitrogens with zero attached hydrogens (tertiary/aromatic N) is 4. The Labute approximate surface area is 258 Å². The lowest BCUT2D eigenvalue weighted by molar-refractivity contribution is -0.908. The molecule has 15 heteroatoms. The van der Waals surface area contributed by atoms with Crippen molar-refractivity contribution in [3.8, 4) is 0 Å². The molecule has 13 nitrogen and oxygen atoms in total. The molecule has 2 atom stereocenters. The highest BCUT2D eigenvalue weighted by Crippen LogP contribution is 2.33. The Bertz CT molecular complexity index is 1720. The van der Waals surface area contributed by atoms with Crippen LogP contribution in [0.5, 0.6) is 0 Å². The lowest BCUT2D eigenvalue weighted by atomic mass is 10.0. The Morgan fingerprint density at radius 1 is 1.16 bits per heavy atom. The van der Waals surface area contributed by atoms with Gasteiger partial charge in [0.25, 0.3) is 5.91 Å². The molecule has 0 saturated carbocycles. The first-order valence-corrected chi connectivity index (χ1v) is 16.1. The van der Waals surface area contributed by atoms with E-state index < -0.39 is 33.6 Å². The van der Waals surface area contributed by atoms with E-state index in [2.05, 4.69) is 10.3 Å². The van der Waals surface area contributed by atoms with Crippen LogP contribution in [0.3, 0.4) is 0 Å². The van der Waals surface area contributed by atoms with Gasteiger partial charge in [-0.15, -0.1) is 0 Å². The number of likely N-dealkylation sites (tertiary alicyclic amines) is 1. The van der Waals surface area contributed by atoms with Gasteiger partial charge in [0, 0.05) is 44.4 Å². The van der Waals surface area contributed by atoms with Gasteiger partial charge in [-0.3, -0.25) is 19.0 Å². The van der Waals surface area contributed by atoms with Crippen LogP contribution in [0.15, 0.2) is 53.8 Å². The minimum Gasteiger partial charge on any atom is -0.414 e. The minimum absolute atomic E-state index is 0.0121. The van der Waals surface area contributed by atoms with Gasteiger partial charge in [0.15, 0.2) is 22.2 Å². The molecule has 0 bridgehead atoms. The summed E-state index contributed by atoms with van der Waals surface area (Å²) in [5.74, 6) is -2.58. The second kappa shape index (κ2) is 12.6. The Hall–Kier alpha value is -3.85. The molecule has 0 radical (unpaired) electrons. The molecule has 1 saturated heterocycles. The van der Waals surface area contributed by atoms with Gasteiger partial charge >= 0.3 is 11.9 Å². The van der Waals surface area contributed by atoms with Gasteiger partial charge < -0.3 is 20.1 Å². The normalized spacial score (nSPS) is 19.5. The van der Waals surface area contributed by atoms with Gasteiger partial charge in [0.05, 0.1) is 29.6 Å². The van der Waals surface area contributed by atoms with Gasteiger partial charge in [-0.1, -0.05) is 23.7 Å². The topological polar surface area (TPSA) is 165 Å². The number of rotatable bonds is 10. The van der Waals surface area contributed by atoms with Crippen LogP contribution in [0, 0.1) is 0 Å². The number of ether oxygens (including phenoxy) is 1. The van der Waals surface area contributed by atoms with Gasteiger partial charge in [-0.25, -0.2) is 22.7 Å². The summed E-state index contributed by atoms with van der Waals surface area (Å²) < 4.78 is 33.2. The Kier molecular flexibility index (Phi) is 9.07. The number of aliphatic hydroxyl groups is 1. The fourth-order valence-corrected chi connectivity index (χ4v) is 7.33. The molecular weight excluding hydrogens is 614 g/mol. The lowest BCUT2D eigenvalue weighted by Gasteiger charge is -2.42. The number of hydrogen-bond acceptors (Lipinski definition) is 9. The van der Waals surface area contributed by atoms with E-state index in [1.54, 1.807) is 28.8 Å². The smallest absolute Gasteiger partial charge is 0.368 e. The molecule has 2 N–H and O–H groups in total. The molecule has 234 valence electrons. The maximum Gasteiger partial charge on any atom is 0.368 e. The summed E-state index contributed by atoms with van der Waals surface area (Å²) in [4.78, 5) is 55.6. The van der Waals surface area contributed by atoms with Crippen LogP contribution in [-0.2, 0) is 35.6 Å². The highest BCUT2D eigenvalue weighted by Gasteiger charge is 2.53. The number of quaternary nitrogens is 1. The summed E-state index contributed by atoms with van der Waals surface area (Å²) in [6.07, 6.45) is 1.87. The van der Waals surface area contributed by atoms with E-state index in [0.717, 1.165) is 5.39 Å². The quantitative estimate of drug-likeness (QED) is 0.245. The second-order valence-corrected chi connectivity index (χ2v) is 13.6. The van der Waals surface area contributed by atoms with Crippen LogP contribution < -0.4 is 5.32 Å². The Morgan fingerprint density at radius 3 is 2.57 bits per heavy atom. The number of amides is 3. The number of hydrogen-bond donors (Lipinski definition) is 2. The summed E-state index contributed by atoms with van der Waals surface area (Å²) >= 11 is 6.01. The minimum atomic E-state index is -4.00. The van der Waals surface area contributed by atoms with Gasteiger partial charge in [0.2, 0.25) is 12.6 Å². The number of imidazole rings is 1. The van der Waals surface area contributed by atoms with Crippen molar-refractivity contribution in [1.82, 2.24) is 19.8 Å². The van der Waals surface area contributed by atoms with Gasteiger partial charge in [-0.2, -0.15) is 0 Å². The fourth-order valence-electron chi connectivity index (χ4n) is 5.82. The van der Waals surface area contributed by atoms with E-state index in [9.17, 15) is 32.7 Å². The highest BCUT2D eigenvalue weighted by atomic mass is 35.5. The van der Waals surface area contributed by atoms with Crippen LogP contribution >= 0.6 is 11.6 Å². The third-order valence-corrected chi connectivity index (χ3v) is 10.1. The molecule has 1 unspecified atom stereocenters. The number of piperidine rings is 1. The molecule has 3 aromatic rings. The number of sulfone groups is 1. The number of aromatic nitrogens is 2. The third kappa shape index (κ3) is 6.48. The second-order valence-electron chi connectivity index (χ2n) is 11.1. The van der Waals surface area contributed by atoms with Crippen molar-refractivity contribution in [2.45, 2.75) is 49.9 Å². The van der Waals surface area contributed by atoms with Crippen molar-refractivity contribution in [1.29, 1.82) is 0 Å². The van der Waals surface area contributed by atoms with Gasteiger partial charge in [0.1, 0.15) is 12.1 Å². The molecule has 2 aromatic carbocycles. The molecule has 0 aliphatic carbocycles. The number of benzene rings is 2. The van der Waals surface area contributed by atoms with Crippen molar-refractivity contribution < 1.29 is 41.9 Å². The van der Waals surface area contributed by atoms with Crippen molar-refractivity contribution in [3.63, 3.8) is 0 Å². The number of fused-ring (bicyclic) bond motifs is 2. The van der Waals surface area contributed by atoms with Crippen LogP contribution in [-0.4, -0.2) is 100 Å². The zero-order valence-electron chi connectivity index (χ0n) is 24.0. The SMILES string of the molecule is CC(=O)NCCC(=O)OC[N+]1(C2CCN(C(=O)[C@H](O)CS(=O)(=O)c3ccc4cc(Cl)ccc4c3)CC2)Cn2cncc2C1=O. The van der Waals surface area contributed by atoms with Crippen molar-refractivity contribution in [2.75, 3.05) is 32.1 Å². The fraction of sp³-hybridized carbons (Fsp3) is 0.414. The average Bonchev–Trinajstić information content (AvgIpc) is 3.55. The van der Waals surface area contributed by atoms with E-state index in [4.69, 9.17) is 16.3 Å². The van der Waals surface area contributed by atoms with E-state index in [1.807, 2.05) is 0 Å². The molecule has 1 aromatic heterocycles. The Balaban J connectivity index is 1.22. The van der Waals surface area contributed by atoms with Gasteiger partial charge in [-0.05, 0) is 35.0 Å². The average molecular weight is 647 g/mol. The number of aliphatic hydroxyl groups excluding tert-OH is 1. The molecule has 1 fully saturated rings. The highest BCUT2D eigenvalue weighted by molar-refractivity contribution is 7.91. The van der Waals surface area contributed by atoms with Crippen molar-refractivity contribution in [2.24, 2.45) is 0 Å². The molecule has 44 heavy (non-hydrogen) atoms. The molecule has 5 rings (SSSR count). The standard InChI is InChI=1S/C29H32ClN5O8S/c1-19(36)32-9-6-27(38)43-18-35(17-34-16-31-14-25(34)29(35)40)23-7-10-33(11-8-23)28(39)26(37)15-44(41,42)24-5-3-20-12-22(30)4-2-21(20)13-24/h2-5,12-14,16,23,26,37H,6-11,15,17-18H2,1H3/p+1/t26-,35?/m1/s1. The first kappa shape index (κ1) is 31.6. The van der Waals surface area contributed by atoms with Crippen molar-refractivity contribution >= 4 is 55.9 Å². The van der Waals surface area contributed by atoms with Crippen LogP contribution in [0.4, 0.5) is 0 Å². The van der Waals surface area contributed by atoms with E-state index in [0.29, 0.717) is 28.9 Å². The van der Waals surface area contributed by atoms with Crippen molar-refractivity contribution in [3.05, 3.63) is 59.6 Å². The molecule has 0 spiro atoms. The maximum absolute atomic E-state index is 13.6. The zero-order chi connectivity index (χ0) is 31.6. The molecule has 3 heterocycles. The summed E-state index contributed by atoms with van der Waals surface area (Å²) in [5.41, 5.74) is 0.384. The van der Waals surface area contributed by atoms with Crippen LogP contribution in [0.1, 0.15) is 36.7 Å². The summed E-state index contributed by atoms with van der Waals surface area (Å²) in [6, 6.07) is 9.27. The van der Waals surface area contributed by atoms with E-state index in [-0.39, 0.29) is 66.7 Å². The molecular formula is C29H33ClN5O8S+. The number of esters is 1. The van der Waals surface area contributed by atoms with Crippen LogP contribution in [0.2, 0.25) is 5.02 Å². The summed E-state index contributed by atoms with van der Waals surface area (Å²) in [7, 11) is -4.00. The summed E-state index contributed by atoms with van der Waals surface area (Å²) in [5, 5.41) is 15.2. The number of carbonyl (C=O) groups is 4. The predicted octanol–water partition coefficient (Wildman–Crippen LogP) is 1.47. The Morgan fingerprint density at radius 2 is 1.86 bits per heavy atom.